The Kier molecular flexibility index (Phi) is 4.43. The van der Waals surface area contributed by atoms with Gasteiger partial charge >= 0.3 is 0 Å². The Bertz CT molecular complexity index is 781. The lowest BCUT2D eigenvalue weighted by Crippen LogP contribution is -2.51. The van der Waals surface area contributed by atoms with E-state index in [1.165, 1.54) is 5.56 Å². The number of para-hydroxylation sites is 1. The minimum Gasteiger partial charge on any atom is -0.487 e. The first-order valence-corrected chi connectivity index (χ1v) is 9.31. The minimum absolute atomic E-state index is 0.102. The highest BCUT2D eigenvalue weighted by Gasteiger charge is 2.40. The van der Waals surface area contributed by atoms with Crippen LogP contribution in [0, 0.1) is 0 Å². The molecule has 0 radical (unpaired) electrons. The van der Waals surface area contributed by atoms with Gasteiger partial charge in [0.05, 0.1) is 6.42 Å². The number of hydrogen-bond acceptors (Lipinski definition) is 2. The van der Waals surface area contributed by atoms with E-state index in [-0.39, 0.29) is 11.5 Å². The normalized spacial score (nSPS) is 18.5. The molecule has 3 nitrogen and oxygen atoms in total. The number of rotatable bonds is 2. The van der Waals surface area contributed by atoms with Crippen LogP contribution in [0.4, 0.5) is 0 Å². The number of aryl methyl sites for hydroxylation is 1. The quantitative estimate of drug-likeness (QED) is 0.805. The van der Waals surface area contributed by atoms with Crippen molar-refractivity contribution in [3.63, 3.8) is 0 Å². The molecule has 2 aromatic rings. The fourth-order valence-electron chi connectivity index (χ4n) is 3.89. The minimum atomic E-state index is -0.102. The van der Waals surface area contributed by atoms with E-state index in [4.69, 9.17) is 16.3 Å². The van der Waals surface area contributed by atoms with E-state index in [0.29, 0.717) is 11.4 Å². The Balaban J connectivity index is 1.39. The summed E-state index contributed by atoms with van der Waals surface area (Å²) >= 11 is 6.18. The number of ether oxygens (including phenoxy) is 1. The number of amides is 1. The summed E-state index contributed by atoms with van der Waals surface area (Å²) in [4.78, 5) is 14.6. The van der Waals surface area contributed by atoms with Gasteiger partial charge in [-0.05, 0) is 36.1 Å². The molecular formula is C21H22ClNO2. The third kappa shape index (κ3) is 3.38. The SMILES string of the molecule is O=C(Cc1ccccc1Cl)N1CCC2(CCc3ccccc3O2)CC1. The highest BCUT2D eigenvalue weighted by atomic mass is 35.5. The highest BCUT2D eigenvalue weighted by Crippen LogP contribution is 2.39. The van der Waals surface area contributed by atoms with Gasteiger partial charge in [0.2, 0.25) is 5.91 Å². The number of fused-ring (bicyclic) bond motifs is 1. The number of carbonyl (C=O) groups excluding carboxylic acids is 1. The second-order valence-corrected chi connectivity index (χ2v) is 7.45. The molecule has 0 unspecified atom stereocenters. The van der Waals surface area contributed by atoms with Gasteiger partial charge in [-0.3, -0.25) is 4.79 Å². The van der Waals surface area contributed by atoms with Crippen LogP contribution in [-0.2, 0) is 17.6 Å². The van der Waals surface area contributed by atoms with E-state index in [1.54, 1.807) is 0 Å². The molecular weight excluding hydrogens is 334 g/mol. The highest BCUT2D eigenvalue weighted by molar-refractivity contribution is 6.31. The number of benzene rings is 2. The predicted molar refractivity (Wildman–Crippen MR) is 99.1 cm³/mol. The molecule has 4 heteroatoms. The van der Waals surface area contributed by atoms with Crippen molar-refractivity contribution in [2.45, 2.75) is 37.7 Å². The van der Waals surface area contributed by atoms with Crippen LogP contribution in [0.15, 0.2) is 48.5 Å². The molecule has 2 heterocycles. The molecule has 2 aliphatic heterocycles. The summed E-state index contributed by atoms with van der Waals surface area (Å²) < 4.78 is 6.37. The summed E-state index contributed by atoms with van der Waals surface area (Å²) in [5.74, 6) is 1.17. The van der Waals surface area contributed by atoms with Gasteiger partial charge in [0.1, 0.15) is 11.4 Å². The lowest BCUT2D eigenvalue weighted by atomic mass is 9.83. The van der Waals surface area contributed by atoms with Gasteiger partial charge in [0.15, 0.2) is 0 Å². The molecule has 1 amide bonds. The van der Waals surface area contributed by atoms with Gasteiger partial charge in [0.25, 0.3) is 0 Å². The van der Waals surface area contributed by atoms with Crippen LogP contribution in [0.3, 0.4) is 0 Å². The van der Waals surface area contributed by atoms with Crippen molar-refractivity contribution in [2.75, 3.05) is 13.1 Å². The van der Waals surface area contributed by atoms with Crippen LogP contribution in [0.1, 0.15) is 30.4 Å². The van der Waals surface area contributed by atoms with Crippen molar-refractivity contribution in [1.29, 1.82) is 0 Å². The largest absolute Gasteiger partial charge is 0.487 e. The monoisotopic (exact) mass is 355 g/mol. The molecule has 0 aromatic heterocycles. The summed E-state index contributed by atoms with van der Waals surface area (Å²) in [5, 5.41) is 0.663. The van der Waals surface area contributed by atoms with Gasteiger partial charge in [-0.25, -0.2) is 0 Å². The molecule has 2 aliphatic rings. The second kappa shape index (κ2) is 6.72. The Morgan fingerprint density at radius 3 is 2.56 bits per heavy atom. The van der Waals surface area contributed by atoms with Gasteiger partial charge in [-0.15, -0.1) is 0 Å². The zero-order valence-electron chi connectivity index (χ0n) is 14.2. The zero-order chi connectivity index (χ0) is 17.3. The van der Waals surface area contributed by atoms with Crippen LogP contribution < -0.4 is 4.74 Å². The van der Waals surface area contributed by atoms with Gasteiger partial charge in [0, 0.05) is 31.0 Å². The van der Waals surface area contributed by atoms with E-state index in [2.05, 4.69) is 18.2 Å². The standard InChI is InChI=1S/C21H22ClNO2/c22-18-7-3-1-6-17(18)15-20(24)23-13-11-21(12-14-23)10-9-16-5-2-4-8-19(16)25-21/h1-8H,9-15H2. The number of nitrogens with zero attached hydrogens (tertiary/aromatic N) is 1. The van der Waals surface area contributed by atoms with Crippen molar-refractivity contribution in [1.82, 2.24) is 4.90 Å². The molecule has 0 atom stereocenters. The molecule has 0 bridgehead atoms. The van der Waals surface area contributed by atoms with Crippen LogP contribution in [0.25, 0.3) is 0 Å². The fraction of sp³-hybridized carbons (Fsp3) is 0.381. The van der Waals surface area contributed by atoms with E-state index >= 15 is 0 Å². The van der Waals surface area contributed by atoms with Crippen molar-refractivity contribution >= 4 is 17.5 Å². The third-order valence-corrected chi connectivity index (χ3v) is 5.84. The van der Waals surface area contributed by atoms with Crippen LogP contribution >= 0.6 is 11.6 Å². The fourth-order valence-corrected chi connectivity index (χ4v) is 4.09. The lowest BCUT2D eigenvalue weighted by Gasteiger charge is -2.44. The maximum Gasteiger partial charge on any atom is 0.227 e. The molecule has 130 valence electrons. The lowest BCUT2D eigenvalue weighted by molar-refractivity contribution is -0.134. The smallest absolute Gasteiger partial charge is 0.227 e. The number of halogens is 1. The molecule has 0 saturated carbocycles. The maximum atomic E-state index is 12.6. The Morgan fingerprint density at radius 1 is 1.04 bits per heavy atom. The molecule has 1 spiro atoms. The average molecular weight is 356 g/mol. The topological polar surface area (TPSA) is 29.5 Å². The molecule has 0 aliphatic carbocycles. The first kappa shape index (κ1) is 16.5. The van der Waals surface area contributed by atoms with Crippen molar-refractivity contribution < 1.29 is 9.53 Å². The molecule has 1 fully saturated rings. The molecule has 0 N–H and O–H groups in total. The average Bonchev–Trinajstić information content (AvgIpc) is 2.64. The molecule has 2 aromatic carbocycles. The van der Waals surface area contributed by atoms with Crippen LogP contribution in [-0.4, -0.2) is 29.5 Å². The van der Waals surface area contributed by atoms with Crippen LogP contribution in [0.5, 0.6) is 5.75 Å². The Hall–Kier alpha value is -2.00. The van der Waals surface area contributed by atoms with Gasteiger partial charge in [-0.1, -0.05) is 48.0 Å². The number of likely N-dealkylation sites (tertiary alicyclic amines) is 1. The maximum absolute atomic E-state index is 12.6. The van der Waals surface area contributed by atoms with Gasteiger partial charge < -0.3 is 9.64 Å². The van der Waals surface area contributed by atoms with E-state index in [9.17, 15) is 4.79 Å². The van der Waals surface area contributed by atoms with Crippen LogP contribution in [0.2, 0.25) is 5.02 Å². The molecule has 25 heavy (non-hydrogen) atoms. The van der Waals surface area contributed by atoms with Crippen molar-refractivity contribution in [3.8, 4) is 5.75 Å². The predicted octanol–water partition coefficient (Wildman–Crippen LogP) is 4.27. The molecule has 1 saturated heterocycles. The van der Waals surface area contributed by atoms with Crippen molar-refractivity contribution in [3.05, 3.63) is 64.7 Å². The Labute approximate surface area is 153 Å². The summed E-state index contributed by atoms with van der Waals surface area (Å²) in [7, 11) is 0. The summed E-state index contributed by atoms with van der Waals surface area (Å²) in [6.45, 7) is 1.51. The van der Waals surface area contributed by atoms with E-state index in [0.717, 1.165) is 50.1 Å². The summed E-state index contributed by atoms with van der Waals surface area (Å²) in [6, 6.07) is 15.9. The summed E-state index contributed by atoms with van der Waals surface area (Å²) in [5.41, 5.74) is 2.10. The number of hydrogen-bond donors (Lipinski definition) is 0. The zero-order valence-corrected chi connectivity index (χ0v) is 15.0. The van der Waals surface area contributed by atoms with E-state index in [1.807, 2.05) is 35.2 Å². The first-order valence-electron chi connectivity index (χ1n) is 8.93. The first-order chi connectivity index (χ1) is 12.2. The third-order valence-electron chi connectivity index (χ3n) is 5.48. The van der Waals surface area contributed by atoms with E-state index < -0.39 is 0 Å². The Morgan fingerprint density at radius 2 is 1.76 bits per heavy atom. The molecule has 4 rings (SSSR count). The summed E-state index contributed by atoms with van der Waals surface area (Å²) in [6.07, 6.45) is 4.27. The second-order valence-electron chi connectivity index (χ2n) is 7.04. The van der Waals surface area contributed by atoms with Gasteiger partial charge in [-0.2, -0.15) is 0 Å². The number of carbonyl (C=O) groups is 1. The van der Waals surface area contributed by atoms with Crippen molar-refractivity contribution in [2.24, 2.45) is 0 Å². The number of piperidine rings is 1.